The predicted octanol–water partition coefficient (Wildman–Crippen LogP) is 9.15. The Bertz CT molecular complexity index is 3460. The van der Waals surface area contributed by atoms with Crippen LogP contribution >= 0.6 is 23.2 Å². The third kappa shape index (κ3) is 8.55. The van der Waals surface area contributed by atoms with Crippen LogP contribution in [-0.4, -0.2) is 82.9 Å². The lowest BCUT2D eigenvalue weighted by molar-refractivity contribution is -0.136. The van der Waals surface area contributed by atoms with E-state index >= 15 is 0 Å². The Kier molecular flexibility index (Phi) is 11.1. The number of tetrazole rings is 3. The minimum Gasteiger partial charge on any atom is -0.478 e. The zero-order chi connectivity index (χ0) is 45.7. The Morgan fingerprint density at radius 1 is 0.672 bits per heavy atom. The second kappa shape index (κ2) is 16.5. The highest BCUT2D eigenvalue weighted by Gasteiger charge is 2.34. The highest BCUT2D eigenvalue weighted by molar-refractivity contribution is 6.31. The number of nitrogens with one attached hydrogen (secondary N) is 1. The van der Waals surface area contributed by atoms with Gasteiger partial charge in [-0.15, -0.1) is 15.3 Å². The first kappa shape index (κ1) is 42.9. The fraction of sp³-hybridized carbons (Fsp3) is 0.125. The fourth-order valence-electron chi connectivity index (χ4n) is 6.53. The lowest BCUT2D eigenvalue weighted by atomic mass is 10.0. The van der Waals surface area contributed by atoms with Crippen LogP contribution in [0.5, 0.6) is 0 Å². The molecular weight excluding hydrogens is 892 g/mol. The van der Waals surface area contributed by atoms with Crippen LogP contribution in [-0.2, 0) is 10.9 Å². The van der Waals surface area contributed by atoms with Crippen molar-refractivity contribution in [1.82, 2.24) is 60.1 Å². The standard InChI is InChI=1S/C15H7ClF2N4.C14H14ClN5O2.C11H5F3N4O2/c16-10-3-1-9-5-11(8-2-4-12(17)13(18)6-8)15-19-20-21-22(15)14(9)7-10;1-14(2,3)22-13(21)16-10-6-8-4-5-9(15)7-11(8)20-12(10)17-18-19-20;12-11(13,14)7-3-1-2-5-4-6(10(19)20)9-15-16-17-18(9)8(5)7/h1-7H;4-7H,1-3H3,(H,16,21);1-4H,(H,19,20). The molecule has 6 aromatic heterocycles. The van der Waals surface area contributed by atoms with Crippen molar-refractivity contribution in [2.75, 3.05) is 5.32 Å². The number of halogens is 7. The lowest BCUT2D eigenvalue weighted by Gasteiger charge is -2.19. The van der Waals surface area contributed by atoms with Crippen LogP contribution < -0.4 is 5.32 Å². The van der Waals surface area contributed by atoms with Crippen molar-refractivity contribution in [2.24, 2.45) is 0 Å². The topological polar surface area (TPSA) is 205 Å². The molecule has 10 aromatic rings. The van der Waals surface area contributed by atoms with E-state index < -0.39 is 41.0 Å². The minimum atomic E-state index is -4.59. The SMILES string of the molecule is CC(C)(C)OC(=O)Nc1cc2ccc(Cl)cc2n2nnnc12.Fc1ccc(-c2cc3ccc(Cl)cc3n3nnnc23)cc1F.O=C(O)c1cc2cccc(C(F)(F)F)c2n2nnnc12. The molecule has 0 fully saturated rings. The molecular formula is C40H26Cl2F5N13O4. The van der Waals surface area contributed by atoms with Crippen LogP contribution in [0.1, 0.15) is 36.7 Å². The number of para-hydroxylation sites is 1. The molecule has 17 nitrogen and oxygen atoms in total. The molecule has 0 atom stereocenters. The summed E-state index contributed by atoms with van der Waals surface area (Å²) in [6, 6.07) is 22.6. The van der Waals surface area contributed by atoms with Gasteiger partial charge in [0.05, 0.1) is 27.8 Å². The summed E-state index contributed by atoms with van der Waals surface area (Å²) >= 11 is 12.0. The van der Waals surface area contributed by atoms with Crippen LogP contribution in [0.3, 0.4) is 0 Å². The molecule has 1 amide bonds. The summed E-state index contributed by atoms with van der Waals surface area (Å²) in [6.45, 7) is 5.38. The van der Waals surface area contributed by atoms with Crippen molar-refractivity contribution < 1.29 is 41.4 Å². The van der Waals surface area contributed by atoms with Crippen molar-refractivity contribution in [3.63, 3.8) is 0 Å². The zero-order valence-electron chi connectivity index (χ0n) is 32.8. The maximum absolute atomic E-state index is 13.5. The molecule has 0 saturated carbocycles. The van der Waals surface area contributed by atoms with E-state index in [2.05, 4.69) is 51.9 Å². The van der Waals surface area contributed by atoms with Crippen LogP contribution in [0.4, 0.5) is 32.4 Å². The average molecular weight is 919 g/mol. The molecule has 2 N–H and O–H groups in total. The van der Waals surface area contributed by atoms with E-state index in [1.807, 2.05) is 18.2 Å². The highest BCUT2D eigenvalue weighted by Crippen LogP contribution is 2.36. The molecule has 324 valence electrons. The van der Waals surface area contributed by atoms with Gasteiger partial charge in [0.15, 0.2) is 22.9 Å². The van der Waals surface area contributed by atoms with E-state index in [0.717, 1.165) is 50.6 Å². The number of anilines is 1. The number of carboxylic acid groups (broad SMARTS) is 1. The summed E-state index contributed by atoms with van der Waals surface area (Å²) in [5.74, 6) is -3.13. The average Bonchev–Trinajstić information content (AvgIpc) is 4.03. The van der Waals surface area contributed by atoms with E-state index in [0.29, 0.717) is 38.2 Å². The number of pyridine rings is 3. The normalized spacial score (nSPS) is 11.8. The number of aromatic nitrogens is 12. The van der Waals surface area contributed by atoms with E-state index in [4.69, 9.17) is 33.0 Å². The number of rotatable bonds is 3. The second-order valence-electron chi connectivity index (χ2n) is 14.6. The largest absolute Gasteiger partial charge is 0.478 e. The smallest absolute Gasteiger partial charge is 0.418 e. The van der Waals surface area contributed by atoms with Crippen molar-refractivity contribution in [3.05, 3.63) is 124 Å². The molecule has 0 spiro atoms. The number of nitrogens with zero attached hydrogens (tertiary/aromatic N) is 12. The predicted molar refractivity (Wildman–Crippen MR) is 222 cm³/mol. The molecule has 0 bridgehead atoms. The Hall–Kier alpha value is -7.72. The summed E-state index contributed by atoms with van der Waals surface area (Å²) in [4.78, 5) is 23.1. The van der Waals surface area contributed by atoms with E-state index in [1.165, 1.54) is 27.2 Å². The van der Waals surface area contributed by atoms with Gasteiger partial charge in [0.2, 0.25) is 5.65 Å². The van der Waals surface area contributed by atoms with Gasteiger partial charge in [0, 0.05) is 31.8 Å². The number of carbonyl (C=O) groups excluding carboxylic acids is 1. The second-order valence-corrected chi connectivity index (χ2v) is 15.5. The number of hydrogen-bond acceptors (Lipinski definition) is 12. The Morgan fingerprint density at radius 2 is 1.27 bits per heavy atom. The number of fused-ring (bicyclic) bond motifs is 9. The van der Waals surface area contributed by atoms with E-state index in [1.54, 1.807) is 51.1 Å². The molecule has 0 aliphatic carbocycles. The quantitative estimate of drug-likeness (QED) is 0.159. The number of alkyl halides is 3. The van der Waals surface area contributed by atoms with Gasteiger partial charge in [-0.2, -0.15) is 26.7 Å². The van der Waals surface area contributed by atoms with E-state index in [9.17, 15) is 31.5 Å². The van der Waals surface area contributed by atoms with Crippen LogP contribution in [0, 0.1) is 11.6 Å². The third-order valence-electron chi connectivity index (χ3n) is 9.15. The van der Waals surface area contributed by atoms with Gasteiger partial charge in [0.25, 0.3) is 0 Å². The number of carbonyl (C=O) groups is 2. The first-order chi connectivity index (χ1) is 30.4. The minimum absolute atomic E-state index is 0.0945. The monoisotopic (exact) mass is 917 g/mol. The van der Waals surface area contributed by atoms with Crippen molar-refractivity contribution >= 4 is 90.6 Å². The lowest BCUT2D eigenvalue weighted by Crippen LogP contribution is -2.27. The van der Waals surface area contributed by atoms with Gasteiger partial charge >= 0.3 is 18.2 Å². The van der Waals surface area contributed by atoms with Crippen LogP contribution in [0.25, 0.3) is 60.8 Å². The summed E-state index contributed by atoms with van der Waals surface area (Å²) in [5.41, 5.74) is 1.64. The molecule has 0 aliphatic rings. The maximum Gasteiger partial charge on any atom is 0.418 e. The van der Waals surface area contributed by atoms with Crippen molar-refractivity contribution in [1.29, 1.82) is 0 Å². The summed E-state index contributed by atoms with van der Waals surface area (Å²) < 4.78 is 74.8. The molecule has 6 heterocycles. The summed E-state index contributed by atoms with van der Waals surface area (Å²) in [7, 11) is 0. The third-order valence-corrected chi connectivity index (χ3v) is 9.62. The first-order valence-electron chi connectivity index (χ1n) is 18.4. The van der Waals surface area contributed by atoms with Gasteiger partial charge in [-0.1, -0.05) is 53.5 Å². The molecule has 0 unspecified atom stereocenters. The fourth-order valence-corrected chi connectivity index (χ4v) is 6.86. The number of amides is 1. The van der Waals surface area contributed by atoms with Gasteiger partial charge in [-0.25, -0.2) is 18.4 Å². The Balaban J connectivity index is 0.000000131. The van der Waals surface area contributed by atoms with Crippen LogP contribution in [0.15, 0.2) is 91.0 Å². The molecule has 24 heteroatoms. The molecule has 64 heavy (non-hydrogen) atoms. The van der Waals surface area contributed by atoms with Gasteiger partial charge < -0.3 is 9.84 Å². The molecule has 4 aromatic carbocycles. The number of carboxylic acids is 1. The Morgan fingerprint density at radius 3 is 1.88 bits per heavy atom. The molecule has 0 radical (unpaired) electrons. The molecule has 0 aliphatic heterocycles. The van der Waals surface area contributed by atoms with Gasteiger partial charge in [-0.3, -0.25) is 5.32 Å². The van der Waals surface area contributed by atoms with Gasteiger partial charge in [0.1, 0.15) is 11.2 Å². The van der Waals surface area contributed by atoms with E-state index in [-0.39, 0.29) is 22.1 Å². The van der Waals surface area contributed by atoms with Crippen molar-refractivity contribution in [3.8, 4) is 11.1 Å². The Labute approximate surface area is 363 Å². The first-order valence-corrected chi connectivity index (χ1v) is 19.1. The van der Waals surface area contributed by atoms with Crippen molar-refractivity contribution in [2.45, 2.75) is 32.5 Å². The number of benzene rings is 4. The maximum atomic E-state index is 13.5. The van der Waals surface area contributed by atoms with Crippen LogP contribution in [0.2, 0.25) is 10.0 Å². The highest BCUT2D eigenvalue weighted by atomic mass is 35.5. The number of aromatic carboxylic acids is 1. The summed E-state index contributed by atoms with van der Waals surface area (Å²) in [6.07, 6.45) is -5.16. The zero-order valence-corrected chi connectivity index (χ0v) is 34.4. The van der Waals surface area contributed by atoms with Gasteiger partial charge in [-0.05, 0) is 118 Å². The molecule has 10 rings (SSSR count). The summed E-state index contributed by atoms with van der Waals surface area (Å²) in [5, 5.41) is 47.9. The number of hydrogen-bond donors (Lipinski definition) is 2. The number of ether oxygens (including phenoxy) is 1. The molecule has 0 saturated heterocycles.